The number of nitrogens with one attached hydrogen (secondary N) is 2. The van der Waals surface area contributed by atoms with Crippen LogP contribution in [0.1, 0.15) is 16.7 Å². The number of hydrogen-bond acceptors (Lipinski definition) is 5. The van der Waals surface area contributed by atoms with Gasteiger partial charge in [0, 0.05) is 11.3 Å². The van der Waals surface area contributed by atoms with Crippen molar-refractivity contribution in [1.29, 1.82) is 0 Å². The maximum Gasteiger partial charge on any atom is 0.329 e. The monoisotopic (exact) mass is 459 g/mol. The SMILES string of the molecule is C#CCOc1c(CC=C)cc(C=C2NC(=O)N(CC(=O)Nc3ccc(C)cc3)C2=O)cc1OC. The maximum atomic E-state index is 12.8. The number of urea groups is 1. The van der Waals surface area contributed by atoms with Crippen LogP contribution in [0.3, 0.4) is 0 Å². The van der Waals surface area contributed by atoms with Crippen molar-refractivity contribution in [3.63, 3.8) is 0 Å². The van der Waals surface area contributed by atoms with Crippen molar-refractivity contribution in [2.45, 2.75) is 13.3 Å². The molecule has 0 radical (unpaired) electrons. The average Bonchev–Trinajstić information content (AvgIpc) is 3.07. The first kappa shape index (κ1) is 24.1. The van der Waals surface area contributed by atoms with Gasteiger partial charge in [-0.2, -0.15) is 0 Å². The Labute approximate surface area is 198 Å². The number of anilines is 1. The summed E-state index contributed by atoms with van der Waals surface area (Å²) in [5, 5.41) is 5.19. The van der Waals surface area contributed by atoms with Crippen molar-refractivity contribution in [3.8, 4) is 23.8 Å². The Morgan fingerprint density at radius 1 is 1.26 bits per heavy atom. The van der Waals surface area contributed by atoms with Crippen molar-refractivity contribution in [3.05, 3.63) is 71.4 Å². The predicted octanol–water partition coefficient (Wildman–Crippen LogP) is 3.28. The molecule has 2 aromatic rings. The third-order valence-electron chi connectivity index (χ3n) is 4.95. The molecule has 8 nitrogen and oxygen atoms in total. The lowest BCUT2D eigenvalue weighted by atomic mass is 10.0. The quantitative estimate of drug-likeness (QED) is 0.260. The largest absolute Gasteiger partial charge is 0.493 e. The first-order valence-corrected chi connectivity index (χ1v) is 10.5. The van der Waals surface area contributed by atoms with E-state index in [1.807, 2.05) is 19.1 Å². The second kappa shape index (κ2) is 10.9. The van der Waals surface area contributed by atoms with Gasteiger partial charge in [-0.25, -0.2) is 9.69 Å². The van der Waals surface area contributed by atoms with Crippen LogP contribution in [0.5, 0.6) is 11.5 Å². The number of nitrogens with zero attached hydrogens (tertiary/aromatic N) is 1. The summed E-state index contributed by atoms with van der Waals surface area (Å²) in [6, 6.07) is 9.96. The minimum atomic E-state index is -0.678. The van der Waals surface area contributed by atoms with Crippen LogP contribution in [-0.4, -0.2) is 43.0 Å². The molecule has 1 saturated heterocycles. The summed E-state index contributed by atoms with van der Waals surface area (Å²) in [6.07, 6.45) is 8.98. The van der Waals surface area contributed by atoms with E-state index in [1.54, 1.807) is 30.3 Å². The number of benzene rings is 2. The molecule has 2 N–H and O–H groups in total. The number of terminal acetylenes is 1. The fourth-order valence-corrected chi connectivity index (χ4v) is 3.37. The smallest absolute Gasteiger partial charge is 0.329 e. The fraction of sp³-hybridized carbons (Fsp3) is 0.192. The van der Waals surface area contributed by atoms with E-state index >= 15 is 0 Å². The molecule has 0 unspecified atom stereocenters. The van der Waals surface area contributed by atoms with Crippen molar-refractivity contribution in [1.82, 2.24) is 10.2 Å². The number of imide groups is 1. The Morgan fingerprint density at radius 3 is 2.65 bits per heavy atom. The molecule has 0 aliphatic carbocycles. The molecule has 0 atom stereocenters. The van der Waals surface area contributed by atoms with Crippen LogP contribution in [0.15, 0.2) is 54.8 Å². The number of methoxy groups -OCH3 is 1. The highest BCUT2D eigenvalue weighted by Crippen LogP contribution is 2.34. The Hall–Kier alpha value is -4.51. The predicted molar refractivity (Wildman–Crippen MR) is 129 cm³/mol. The second-order valence-corrected chi connectivity index (χ2v) is 7.49. The van der Waals surface area contributed by atoms with E-state index in [-0.39, 0.29) is 12.3 Å². The number of aryl methyl sites for hydroxylation is 1. The molecule has 0 bridgehead atoms. The van der Waals surface area contributed by atoms with E-state index in [9.17, 15) is 14.4 Å². The number of ether oxygens (including phenoxy) is 2. The van der Waals surface area contributed by atoms with Gasteiger partial charge >= 0.3 is 6.03 Å². The Kier molecular flexibility index (Phi) is 7.72. The van der Waals surface area contributed by atoms with Gasteiger partial charge in [-0.1, -0.05) is 29.7 Å². The number of hydrogen-bond donors (Lipinski definition) is 2. The zero-order chi connectivity index (χ0) is 24.7. The van der Waals surface area contributed by atoms with Crippen molar-refractivity contribution in [2.75, 3.05) is 25.6 Å². The fourth-order valence-electron chi connectivity index (χ4n) is 3.37. The van der Waals surface area contributed by atoms with E-state index in [0.29, 0.717) is 29.2 Å². The van der Waals surface area contributed by atoms with Crippen LogP contribution in [0.4, 0.5) is 10.5 Å². The maximum absolute atomic E-state index is 12.8. The number of rotatable bonds is 9. The van der Waals surface area contributed by atoms with Gasteiger partial charge in [0.2, 0.25) is 5.91 Å². The van der Waals surface area contributed by atoms with Gasteiger partial charge in [-0.05, 0) is 49.2 Å². The normalized spacial score (nSPS) is 13.9. The number of carbonyl (C=O) groups excluding carboxylic acids is 3. The zero-order valence-corrected chi connectivity index (χ0v) is 19.0. The van der Waals surface area contributed by atoms with Crippen LogP contribution in [0, 0.1) is 19.3 Å². The van der Waals surface area contributed by atoms with Crippen molar-refractivity contribution in [2.24, 2.45) is 0 Å². The molecule has 0 saturated carbocycles. The Morgan fingerprint density at radius 2 is 2.00 bits per heavy atom. The lowest BCUT2D eigenvalue weighted by Crippen LogP contribution is -2.38. The Bertz CT molecular complexity index is 1190. The summed E-state index contributed by atoms with van der Waals surface area (Å²) < 4.78 is 11.0. The molecule has 1 aliphatic rings. The van der Waals surface area contributed by atoms with Gasteiger partial charge in [0.15, 0.2) is 11.5 Å². The van der Waals surface area contributed by atoms with Crippen molar-refractivity contribution < 1.29 is 23.9 Å². The van der Waals surface area contributed by atoms with Crippen LogP contribution in [0.25, 0.3) is 6.08 Å². The number of carbonyl (C=O) groups is 3. The standard InChI is InChI=1S/C26H25N3O5/c1-5-7-19-13-18(15-22(33-4)24(19)34-12-6-2)14-21-25(31)29(26(32)28-21)16-23(30)27-20-10-8-17(3)9-11-20/h2,5,8-11,13-15H,1,7,12,16H2,3-4H3,(H,27,30)(H,28,32). The minimum Gasteiger partial charge on any atom is -0.493 e. The van der Waals surface area contributed by atoms with Gasteiger partial charge in [-0.3, -0.25) is 9.59 Å². The van der Waals surface area contributed by atoms with Gasteiger partial charge in [0.1, 0.15) is 18.8 Å². The lowest BCUT2D eigenvalue weighted by molar-refractivity contribution is -0.127. The van der Waals surface area contributed by atoms with Crippen LogP contribution in [0.2, 0.25) is 0 Å². The van der Waals surface area contributed by atoms with E-state index in [0.717, 1.165) is 16.0 Å². The summed E-state index contributed by atoms with van der Waals surface area (Å²) in [6.45, 7) is 5.33. The molecule has 1 aliphatic heterocycles. The summed E-state index contributed by atoms with van der Waals surface area (Å²) in [5.41, 5.74) is 3.01. The summed E-state index contributed by atoms with van der Waals surface area (Å²) in [4.78, 5) is 38.4. The summed E-state index contributed by atoms with van der Waals surface area (Å²) >= 11 is 0. The first-order valence-electron chi connectivity index (χ1n) is 10.5. The molecule has 174 valence electrons. The third kappa shape index (κ3) is 5.64. The highest BCUT2D eigenvalue weighted by atomic mass is 16.5. The second-order valence-electron chi connectivity index (χ2n) is 7.49. The van der Waals surface area contributed by atoms with E-state index < -0.39 is 24.4 Å². The van der Waals surface area contributed by atoms with Gasteiger partial charge in [0.05, 0.1) is 7.11 Å². The molecular formula is C26H25N3O5. The van der Waals surface area contributed by atoms with Gasteiger partial charge < -0.3 is 20.1 Å². The molecule has 1 fully saturated rings. The molecule has 3 rings (SSSR count). The van der Waals surface area contributed by atoms with Crippen LogP contribution < -0.4 is 20.1 Å². The first-order chi connectivity index (χ1) is 16.4. The average molecular weight is 460 g/mol. The topological polar surface area (TPSA) is 97.0 Å². The third-order valence-corrected chi connectivity index (χ3v) is 4.95. The molecular weight excluding hydrogens is 434 g/mol. The zero-order valence-electron chi connectivity index (χ0n) is 19.0. The van der Waals surface area contributed by atoms with E-state index in [4.69, 9.17) is 15.9 Å². The van der Waals surface area contributed by atoms with E-state index in [1.165, 1.54) is 13.2 Å². The summed E-state index contributed by atoms with van der Waals surface area (Å²) in [7, 11) is 1.49. The Balaban J connectivity index is 1.80. The molecule has 34 heavy (non-hydrogen) atoms. The van der Waals surface area contributed by atoms with Gasteiger partial charge in [-0.15, -0.1) is 13.0 Å². The highest BCUT2D eigenvalue weighted by molar-refractivity contribution is 6.16. The van der Waals surface area contributed by atoms with Crippen LogP contribution in [-0.2, 0) is 16.0 Å². The highest BCUT2D eigenvalue weighted by Gasteiger charge is 2.35. The lowest BCUT2D eigenvalue weighted by Gasteiger charge is -2.14. The molecule has 4 amide bonds. The molecule has 1 heterocycles. The number of amides is 4. The molecule has 0 aromatic heterocycles. The van der Waals surface area contributed by atoms with Gasteiger partial charge in [0.25, 0.3) is 5.91 Å². The number of allylic oxidation sites excluding steroid dienone is 1. The molecule has 8 heteroatoms. The minimum absolute atomic E-state index is 0.0389. The molecule has 2 aromatic carbocycles. The molecule has 0 spiro atoms. The van der Waals surface area contributed by atoms with Crippen molar-refractivity contribution >= 4 is 29.6 Å². The summed E-state index contributed by atoms with van der Waals surface area (Å²) in [5.74, 6) is 2.22. The van der Waals surface area contributed by atoms with Crippen LogP contribution >= 0.6 is 0 Å². The van der Waals surface area contributed by atoms with E-state index in [2.05, 4.69) is 23.1 Å².